The molecule has 0 aliphatic rings. The maximum absolute atomic E-state index is 11.6. The molecule has 0 aromatic heterocycles. The zero-order chi connectivity index (χ0) is 11.7. The van der Waals surface area contributed by atoms with Gasteiger partial charge in [-0.1, -0.05) is 13.3 Å². The van der Waals surface area contributed by atoms with Crippen LogP contribution in [0.15, 0.2) is 0 Å². The van der Waals surface area contributed by atoms with Gasteiger partial charge in [0.05, 0.1) is 0 Å². The van der Waals surface area contributed by atoms with Crippen LogP contribution in [0.5, 0.6) is 0 Å². The summed E-state index contributed by atoms with van der Waals surface area (Å²) in [5.74, 6) is 2.30. The lowest BCUT2D eigenvalue weighted by Crippen LogP contribution is -2.39. The molecule has 1 amide bonds. The van der Waals surface area contributed by atoms with Gasteiger partial charge in [-0.25, -0.2) is 0 Å². The van der Waals surface area contributed by atoms with E-state index in [1.165, 1.54) is 18.6 Å². The zero-order valence-electron chi connectivity index (χ0n) is 10.2. The van der Waals surface area contributed by atoms with E-state index in [2.05, 4.69) is 6.92 Å². The summed E-state index contributed by atoms with van der Waals surface area (Å²) < 4.78 is 0. The zero-order valence-corrected chi connectivity index (χ0v) is 11.0. The van der Waals surface area contributed by atoms with Gasteiger partial charge >= 0.3 is 0 Å². The van der Waals surface area contributed by atoms with E-state index in [0.29, 0.717) is 13.0 Å². The van der Waals surface area contributed by atoms with Crippen LogP contribution in [-0.2, 0) is 4.79 Å². The monoisotopic (exact) mass is 232 g/mol. The van der Waals surface area contributed by atoms with Crippen molar-refractivity contribution in [1.29, 1.82) is 0 Å². The maximum Gasteiger partial charge on any atom is 0.223 e. The summed E-state index contributed by atoms with van der Waals surface area (Å²) in [6, 6.07) is 0.151. The first-order chi connectivity index (χ1) is 7.13. The Morgan fingerprint density at radius 2 is 2.13 bits per heavy atom. The number of unbranched alkanes of at least 4 members (excludes halogenated alkanes) is 1. The molecule has 0 aromatic rings. The van der Waals surface area contributed by atoms with Crippen molar-refractivity contribution in [3.63, 3.8) is 0 Å². The number of nitrogens with two attached hydrogens (primary N) is 1. The van der Waals surface area contributed by atoms with Gasteiger partial charge < -0.3 is 10.6 Å². The van der Waals surface area contributed by atoms with Crippen molar-refractivity contribution in [3.05, 3.63) is 0 Å². The minimum atomic E-state index is 0.151. The topological polar surface area (TPSA) is 46.3 Å². The fourth-order valence-electron chi connectivity index (χ4n) is 1.09. The van der Waals surface area contributed by atoms with Crippen molar-refractivity contribution < 1.29 is 4.79 Å². The molecule has 1 atom stereocenters. The van der Waals surface area contributed by atoms with Crippen LogP contribution < -0.4 is 5.73 Å². The highest BCUT2D eigenvalue weighted by molar-refractivity contribution is 7.99. The van der Waals surface area contributed by atoms with E-state index >= 15 is 0 Å². The summed E-state index contributed by atoms with van der Waals surface area (Å²) in [7, 11) is 1.83. The third-order valence-electron chi connectivity index (χ3n) is 2.50. The van der Waals surface area contributed by atoms with Crippen LogP contribution in [-0.4, -0.2) is 41.9 Å². The predicted octanol–water partition coefficient (Wildman–Crippen LogP) is 1.72. The van der Waals surface area contributed by atoms with Crippen LogP contribution >= 0.6 is 11.8 Å². The molecule has 2 N–H and O–H groups in total. The number of carbonyl (C=O) groups is 1. The van der Waals surface area contributed by atoms with E-state index < -0.39 is 0 Å². The fraction of sp³-hybridized carbons (Fsp3) is 0.909. The first-order valence-corrected chi connectivity index (χ1v) is 6.82. The van der Waals surface area contributed by atoms with Crippen molar-refractivity contribution in [3.8, 4) is 0 Å². The highest BCUT2D eigenvalue weighted by Gasteiger charge is 2.13. The molecular formula is C11H24N2OS. The fourth-order valence-corrected chi connectivity index (χ4v) is 2.10. The second-order valence-electron chi connectivity index (χ2n) is 3.81. The number of thioether (sulfide) groups is 1. The molecule has 0 spiro atoms. The van der Waals surface area contributed by atoms with Crippen molar-refractivity contribution in [2.45, 2.75) is 39.2 Å². The summed E-state index contributed by atoms with van der Waals surface area (Å²) in [6.07, 6.45) is 3.11. The van der Waals surface area contributed by atoms with Crippen LogP contribution in [0.25, 0.3) is 0 Å². The minimum Gasteiger partial charge on any atom is -0.342 e. The molecule has 0 rings (SSSR count). The number of hydrogen-bond donors (Lipinski definition) is 1. The molecule has 0 saturated carbocycles. The van der Waals surface area contributed by atoms with Gasteiger partial charge in [0.1, 0.15) is 0 Å². The molecule has 0 radical (unpaired) electrons. The van der Waals surface area contributed by atoms with Gasteiger partial charge in [0.25, 0.3) is 0 Å². The van der Waals surface area contributed by atoms with Crippen LogP contribution in [0.4, 0.5) is 0 Å². The molecule has 1 unspecified atom stereocenters. The van der Waals surface area contributed by atoms with Gasteiger partial charge in [0, 0.05) is 31.8 Å². The van der Waals surface area contributed by atoms with Crippen LogP contribution in [0, 0.1) is 0 Å². The predicted molar refractivity (Wildman–Crippen MR) is 68.1 cm³/mol. The Kier molecular flexibility index (Phi) is 8.91. The van der Waals surface area contributed by atoms with Gasteiger partial charge in [-0.15, -0.1) is 0 Å². The van der Waals surface area contributed by atoms with E-state index in [1.54, 1.807) is 4.90 Å². The summed E-state index contributed by atoms with van der Waals surface area (Å²) >= 11 is 1.86. The van der Waals surface area contributed by atoms with Crippen molar-refractivity contribution in [1.82, 2.24) is 4.90 Å². The average Bonchev–Trinajstić information content (AvgIpc) is 2.26. The first-order valence-electron chi connectivity index (χ1n) is 5.67. The van der Waals surface area contributed by atoms with Gasteiger partial charge in [-0.2, -0.15) is 11.8 Å². The molecule has 15 heavy (non-hydrogen) atoms. The standard InChI is InChI=1S/C11H24N2OS/c1-4-5-7-15-8-6-11(14)13(3)10(2)9-12/h10H,4-9,12H2,1-3H3. The number of rotatable bonds is 8. The van der Waals surface area contributed by atoms with E-state index in [0.717, 1.165) is 5.75 Å². The summed E-state index contributed by atoms with van der Waals surface area (Å²) in [6.45, 7) is 4.69. The smallest absolute Gasteiger partial charge is 0.223 e. The van der Waals surface area contributed by atoms with Crippen molar-refractivity contribution in [2.24, 2.45) is 5.73 Å². The summed E-state index contributed by atoms with van der Waals surface area (Å²) in [4.78, 5) is 13.4. The lowest BCUT2D eigenvalue weighted by atomic mass is 10.3. The largest absolute Gasteiger partial charge is 0.342 e. The first kappa shape index (κ1) is 14.8. The van der Waals surface area contributed by atoms with Crippen molar-refractivity contribution >= 4 is 17.7 Å². The molecule has 0 aliphatic heterocycles. The van der Waals surface area contributed by atoms with Crippen LogP contribution in [0.1, 0.15) is 33.1 Å². The Hall–Kier alpha value is -0.220. The van der Waals surface area contributed by atoms with E-state index in [1.807, 2.05) is 25.7 Å². The molecular weight excluding hydrogens is 208 g/mol. The third kappa shape index (κ3) is 6.79. The molecule has 0 aromatic carbocycles. The Morgan fingerprint density at radius 1 is 1.47 bits per heavy atom. The molecule has 0 bridgehead atoms. The minimum absolute atomic E-state index is 0.151. The highest BCUT2D eigenvalue weighted by Crippen LogP contribution is 2.08. The maximum atomic E-state index is 11.6. The van der Waals surface area contributed by atoms with E-state index in [-0.39, 0.29) is 11.9 Å². The highest BCUT2D eigenvalue weighted by atomic mass is 32.2. The van der Waals surface area contributed by atoms with E-state index in [4.69, 9.17) is 5.73 Å². The SMILES string of the molecule is CCCCSCCC(=O)N(C)C(C)CN. The molecule has 0 aliphatic carbocycles. The van der Waals surface area contributed by atoms with Crippen LogP contribution in [0.3, 0.4) is 0 Å². The Morgan fingerprint density at radius 3 is 2.67 bits per heavy atom. The molecule has 3 nitrogen and oxygen atoms in total. The van der Waals surface area contributed by atoms with E-state index in [9.17, 15) is 4.79 Å². The Bertz CT molecular complexity index is 176. The summed E-state index contributed by atoms with van der Waals surface area (Å²) in [5.41, 5.74) is 5.51. The molecule has 4 heteroatoms. The van der Waals surface area contributed by atoms with Crippen molar-refractivity contribution in [2.75, 3.05) is 25.1 Å². The average molecular weight is 232 g/mol. The summed E-state index contributed by atoms with van der Waals surface area (Å²) in [5, 5.41) is 0. The second-order valence-corrected chi connectivity index (χ2v) is 5.03. The third-order valence-corrected chi connectivity index (χ3v) is 3.57. The molecule has 0 saturated heterocycles. The molecule has 0 fully saturated rings. The van der Waals surface area contributed by atoms with Gasteiger partial charge in [0.2, 0.25) is 5.91 Å². The lowest BCUT2D eigenvalue weighted by molar-refractivity contribution is -0.131. The van der Waals surface area contributed by atoms with Gasteiger partial charge in [0.15, 0.2) is 0 Å². The molecule has 90 valence electrons. The number of hydrogen-bond acceptors (Lipinski definition) is 3. The molecule has 0 heterocycles. The van der Waals surface area contributed by atoms with Gasteiger partial charge in [-0.05, 0) is 19.1 Å². The number of nitrogens with zero attached hydrogens (tertiary/aromatic N) is 1. The second kappa shape index (κ2) is 9.04. The number of amides is 1. The van der Waals surface area contributed by atoms with Gasteiger partial charge in [-0.3, -0.25) is 4.79 Å². The lowest BCUT2D eigenvalue weighted by Gasteiger charge is -2.23. The Balaban J connectivity index is 3.56. The number of carbonyl (C=O) groups excluding carboxylic acids is 1. The quantitative estimate of drug-likeness (QED) is 0.648. The Labute approximate surface area is 97.8 Å². The number of likely N-dealkylation sites (N-methyl/N-ethyl adjacent to an activating group) is 1. The van der Waals surface area contributed by atoms with Crippen LogP contribution in [0.2, 0.25) is 0 Å². The normalized spacial score (nSPS) is 12.5.